The molecule has 4 aromatic rings. The van der Waals surface area contributed by atoms with Gasteiger partial charge in [-0.3, -0.25) is 9.69 Å². The second-order valence-electron chi connectivity index (χ2n) is 6.41. The van der Waals surface area contributed by atoms with Gasteiger partial charge in [0, 0.05) is 36.4 Å². The van der Waals surface area contributed by atoms with E-state index in [9.17, 15) is 4.79 Å². The first kappa shape index (κ1) is 21.2. The number of aromatic nitrogens is 3. The fraction of sp³-hybridized carbons (Fsp3) is 0.190. The van der Waals surface area contributed by atoms with Crippen LogP contribution in [0.25, 0.3) is 16.3 Å². The van der Waals surface area contributed by atoms with Gasteiger partial charge in [0.2, 0.25) is 0 Å². The lowest BCUT2D eigenvalue weighted by molar-refractivity contribution is -0.114. The predicted octanol–water partition coefficient (Wildman–Crippen LogP) is 5.42. The van der Waals surface area contributed by atoms with Gasteiger partial charge >= 0.3 is 0 Å². The zero-order chi connectivity index (χ0) is 19.3. The molecule has 1 amide bonds. The summed E-state index contributed by atoms with van der Waals surface area (Å²) in [4.78, 5) is 24.7. The van der Waals surface area contributed by atoms with Crippen LogP contribution in [0.4, 0.5) is 5.13 Å². The lowest BCUT2D eigenvalue weighted by atomic mass is 10.2. The van der Waals surface area contributed by atoms with E-state index in [0.717, 1.165) is 38.8 Å². The lowest BCUT2D eigenvalue weighted by Gasteiger charge is -2.18. The van der Waals surface area contributed by atoms with Crippen molar-refractivity contribution in [3.05, 3.63) is 70.9 Å². The number of carbonyl (C=O) groups excluding carboxylic acids is 1. The van der Waals surface area contributed by atoms with Crippen LogP contribution in [-0.4, -0.2) is 27.0 Å². The molecule has 0 atom stereocenters. The second-order valence-corrected chi connectivity index (χ2v) is 8.40. The van der Waals surface area contributed by atoms with Crippen molar-refractivity contribution in [3.8, 4) is 0 Å². The van der Waals surface area contributed by atoms with Gasteiger partial charge in [0.05, 0.1) is 16.5 Å². The number of fused-ring (bicyclic) bond motifs is 1. The minimum absolute atomic E-state index is 0. The monoisotopic (exact) mass is 444 g/mol. The molecule has 3 aromatic heterocycles. The molecule has 3 heterocycles. The molecule has 0 fully saturated rings. The molecule has 8 heteroatoms. The summed E-state index contributed by atoms with van der Waals surface area (Å²) in [5.41, 5.74) is 2.09. The summed E-state index contributed by atoms with van der Waals surface area (Å²) >= 11 is 3.18. The number of rotatable bonds is 7. The third kappa shape index (κ3) is 5.12. The Balaban J connectivity index is 0.00000240. The van der Waals surface area contributed by atoms with Crippen LogP contribution in [0.2, 0.25) is 0 Å². The maximum absolute atomic E-state index is 13.0. The van der Waals surface area contributed by atoms with E-state index in [2.05, 4.69) is 11.1 Å². The van der Waals surface area contributed by atoms with Crippen molar-refractivity contribution in [3.63, 3.8) is 0 Å². The highest BCUT2D eigenvalue weighted by atomic mass is 35.5. The van der Waals surface area contributed by atoms with Crippen LogP contribution in [-0.2, 0) is 11.3 Å². The minimum Gasteiger partial charge on any atom is -0.337 e. The number of carbonyl (C=O) groups is 1. The highest BCUT2D eigenvalue weighted by Gasteiger charge is 2.18. The normalized spacial score (nSPS) is 11.1. The maximum atomic E-state index is 13.0. The third-order valence-electron chi connectivity index (χ3n) is 4.40. The largest absolute Gasteiger partial charge is 0.337 e. The number of nitrogens with zero attached hydrogens (tertiary/aromatic N) is 4. The molecule has 0 aliphatic carbocycles. The zero-order valence-electron chi connectivity index (χ0n) is 15.9. The quantitative estimate of drug-likeness (QED) is 0.357. The highest BCUT2D eigenvalue weighted by molar-refractivity contribution is 7.22. The van der Waals surface area contributed by atoms with Gasteiger partial charge in [-0.1, -0.05) is 29.5 Å². The van der Waals surface area contributed by atoms with E-state index in [-0.39, 0.29) is 18.3 Å². The van der Waals surface area contributed by atoms with E-state index in [0.29, 0.717) is 6.54 Å². The van der Waals surface area contributed by atoms with E-state index in [1.54, 1.807) is 46.2 Å². The standard InChI is InChI=1S/C21H20N4OS2.ClH/c1-16-5-2-7-18-20(16)23-21(28-18)25(12-4-11-24-13-10-22-15-24)19(26)9-8-17-6-3-14-27-17;/h2-3,5-10,13-15H,4,11-12H2,1H3;1H/b9-8+;. The molecule has 0 saturated heterocycles. The van der Waals surface area contributed by atoms with Gasteiger partial charge in [0.1, 0.15) is 0 Å². The summed E-state index contributed by atoms with van der Waals surface area (Å²) in [5, 5.41) is 2.75. The van der Waals surface area contributed by atoms with Gasteiger partial charge in [0.25, 0.3) is 5.91 Å². The van der Waals surface area contributed by atoms with Crippen LogP contribution in [0, 0.1) is 6.92 Å². The summed E-state index contributed by atoms with van der Waals surface area (Å²) in [6, 6.07) is 10.1. The molecular weight excluding hydrogens is 424 g/mol. The number of thiazole rings is 1. The molecule has 150 valence electrons. The van der Waals surface area contributed by atoms with Gasteiger partial charge < -0.3 is 4.57 Å². The maximum Gasteiger partial charge on any atom is 0.252 e. The molecule has 0 radical (unpaired) electrons. The van der Waals surface area contributed by atoms with Crippen molar-refractivity contribution in [2.24, 2.45) is 0 Å². The number of hydrogen-bond donors (Lipinski definition) is 0. The SMILES string of the molecule is Cc1cccc2sc(N(CCCn3ccnc3)C(=O)/C=C/c3cccs3)nc12.Cl. The number of amides is 1. The van der Waals surface area contributed by atoms with E-state index in [4.69, 9.17) is 4.98 Å². The number of hydrogen-bond acceptors (Lipinski definition) is 5. The fourth-order valence-electron chi connectivity index (χ4n) is 2.95. The predicted molar refractivity (Wildman–Crippen MR) is 124 cm³/mol. The summed E-state index contributed by atoms with van der Waals surface area (Å²) in [6.07, 6.45) is 9.83. The summed E-state index contributed by atoms with van der Waals surface area (Å²) < 4.78 is 3.12. The molecule has 0 saturated carbocycles. The van der Waals surface area contributed by atoms with Crippen molar-refractivity contribution in [1.29, 1.82) is 0 Å². The fourth-order valence-corrected chi connectivity index (χ4v) is 4.64. The number of aryl methyl sites for hydroxylation is 2. The Morgan fingerprint density at radius 1 is 1.28 bits per heavy atom. The zero-order valence-corrected chi connectivity index (χ0v) is 18.3. The van der Waals surface area contributed by atoms with E-state index in [1.807, 2.05) is 53.4 Å². The average Bonchev–Trinajstić information content (AvgIpc) is 3.45. The van der Waals surface area contributed by atoms with Crippen LogP contribution in [0.5, 0.6) is 0 Å². The number of halogens is 1. The molecular formula is C21H21ClN4OS2. The molecule has 1 aromatic carbocycles. The molecule has 29 heavy (non-hydrogen) atoms. The van der Waals surface area contributed by atoms with E-state index < -0.39 is 0 Å². The van der Waals surface area contributed by atoms with Crippen molar-refractivity contribution in [1.82, 2.24) is 14.5 Å². The van der Waals surface area contributed by atoms with Crippen molar-refractivity contribution in [2.45, 2.75) is 19.9 Å². The molecule has 0 aliphatic heterocycles. The highest BCUT2D eigenvalue weighted by Crippen LogP contribution is 2.31. The third-order valence-corrected chi connectivity index (χ3v) is 6.28. The van der Waals surface area contributed by atoms with Gasteiger partial charge in [-0.15, -0.1) is 23.7 Å². The first-order valence-electron chi connectivity index (χ1n) is 9.06. The molecule has 0 N–H and O–H groups in total. The molecule has 4 rings (SSSR count). The average molecular weight is 445 g/mol. The molecule has 0 aliphatic rings. The van der Waals surface area contributed by atoms with Gasteiger partial charge in [-0.25, -0.2) is 9.97 Å². The van der Waals surface area contributed by atoms with Crippen molar-refractivity contribution in [2.75, 3.05) is 11.4 Å². The smallest absolute Gasteiger partial charge is 0.252 e. The molecule has 5 nitrogen and oxygen atoms in total. The Morgan fingerprint density at radius 3 is 2.90 bits per heavy atom. The molecule has 0 bridgehead atoms. The Labute approximate surface area is 183 Å². The van der Waals surface area contributed by atoms with Crippen LogP contribution in [0.3, 0.4) is 0 Å². The van der Waals surface area contributed by atoms with E-state index >= 15 is 0 Å². The van der Waals surface area contributed by atoms with Crippen LogP contribution >= 0.6 is 35.1 Å². The van der Waals surface area contributed by atoms with Crippen LogP contribution in [0.1, 0.15) is 16.9 Å². The van der Waals surface area contributed by atoms with Crippen molar-refractivity contribution >= 4 is 62.4 Å². The van der Waals surface area contributed by atoms with Gasteiger partial charge in [0.15, 0.2) is 5.13 Å². The minimum atomic E-state index is -0.0456. The Morgan fingerprint density at radius 2 is 2.17 bits per heavy atom. The number of thiophene rings is 1. The Kier molecular flexibility index (Phi) is 7.19. The second kappa shape index (κ2) is 9.82. The lowest BCUT2D eigenvalue weighted by Crippen LogP contribution is -2.30. The van der Waals surface area contributed by atoms with Crippen LogP contribution in [0.15, 0.2) is 60.5 Å². The molecule has 0 spiro atoms. The summed E-state index contributed by atoms with van der Waals surface area (Å²) in [5.74, 6) is -0.0456. The number of para-hydroxylation sites is 1. The van der Waals surface area contributed by atoms with Gasteiger partial charge in [-0.05, 0) is 42.5 Å². The first-order chi connectivity index (χ1) is 13.7. The van der Waals surface area contributed by atoms with Crippen LogP contribution < -0.4 is 4.90 Å². The first-order valence-corrected chi connectivity index (χ1v) is 10.8. The summed E-state index contributed by atoms with van der Waals surface area (Å²) in [7, 11) is 0. The van der Waals surface area contributed by atoms with Crippen molar-refractivity contribution < 1.29 is 4.79 Å². The topological polar surface area (TPSA) is 51.0 Å². The number of benzene rings is 1. The number of imidazole rings is 1. The molecule has 0 unspecified atom stereocenters. The Bertz CT molecular complexity index is 1090. The van der Waals surface area contributed by atoms with E-state index in [1.165, 1.54) is 0 Å². The van der Waals surface area contributed by atoms with Gasteiger partial charge in [-0.2, -0.15) is 0 Å². The summed E-state index contributed by atoms with van der Waals surface area (Å²) in [6.45, 7) is 3.46. The number of anilines is 1. The Hall–Kier alpha value is -2.48.